The zero-order valence-corrected chi connectivity index (χ0v) is 14.3. The van der Waals surface area contributed by atoms with Crippen molar-refractivity contribution in [3.05, 3.63) is 0 Å². The lowest BCUT2D eigenvalue weighted by atomic mass is 9.80. The number of nitrogens with zero attached hydrogens (tertiary/aromatic N) is 1. The Morgan fingerprint density at radius 2 is 1.70 bits per heavy atom. The molecule has 0 spiro atoms. The lowest BCUT2D eigenvalue weighted by Gasteiger charge is -2.37. The minimum absolute atomic E-state index is 0.476. The van der Waals surface area contributed by atoms with Crippen LogP contribution >= 0.6 is 0 Å². The molecule has 1 saturated heterocycles. The summed E-state index contributed by atoms with van der Waals surface area (Å²) in [6.07, 6.45) is 9.95. The van der Waals surface area contributed by atoms with Crippen molar-refractivity contribution in [2.75, 3.05) is 19.6 Å². The number of nitrogens with one attached hydrogen (secondary N) is 1. The van der Waals surface area contributed by atoms with E-state index < -0.39 is 0 Å². The van der Waals surface area contributed by atoms with Crippen molar-refractivity contribution in [2.45, 2.75) is 84.7 Å². The van der Waals surface area contributed by atoms with Crippen LogP contribution in [0, 0.1) is 11.3 Å². The molecule has 2 fully saturated rings. The van der Waals surface area contributed by atoms with Crippen molar-refractivity contribution < 1.29 is 0 Å². The SMILES string of the molecule is CCNC1CCCCCCC1N1CCC(C(C)(C)C)C1. The van der Waals surface area contributed by atoms with Crippen LogP contribution in [0.3, 0.4) is 0 Å². The van der Waals surface area contributed by atoms with Gasteiger partial charge < -0.3 is 5.32 Å². The topological polar surface area (TPSA) is 15.3 Å². The highest BCUT2D eigenvalue weighted by atomic mass is 15.2. The summed E-state index contributed by atoms with van der Waals surface area (Å²) in [5, 5.41) is 3.79. The summed E-state index contributed by atoms with van der Waals surface area (Å²) in [6.45, 7) is 13.3. The second-order valence-electron chi connectivity index (χ2n) is 8.07. The van der Waals surface area contributed by atoms with Gasteiger partial charge in [-0.25, -0.2) is 0 Å². The van der Waals surface area contributed by atoms with Gasteiger partial charge in [-0.15, -0.1) is 0 Å². The van der Waals surface area contributed by atoms with Gasteiger partial charge in [0.1, 0.15) is 0 Å². The summed E-state index contributed by atoms with van der Waals surface area (Å²) >= 11 is 0. The molecule has 0 amide bonds. The second-order valence-corrected chi connectivity index (χ2v) is 8.07. The van der Waals surface area contributed by atoms with Gasteiger partial charge in [0.25, 0.3) is 0 Å². The highest BCUT2D eigenvalue weighted by Gasteiger charge is 2.37. The molecule has 3 atom stereocenters. The van der Waals surface area contributed by atoms with Crippen LogP contribution in [0.4, 0.5) is 0 Å². The first kappa shape index (κ1) is 16.3. The van der Waals surface area contributed by atoms with Crippen molar-refractivity contribution in [3.63, 3.8) is 0 Å². The molecule has 0 bridgehead atoms. The van der Waals surface area contributed by atoms with Crippen molar-refractivity contribution in [2.24, 2.45) is 11.3 Å². The fraction of sp³-hybridized carbons (Fsp3) is 1.00. The van der Waals surface area contributed by atoms with E-state index in [-0.39, 0.29) is 0 Å². The molecule has 1 heterocycles. The van der Waals surface area contributed by atoms with Crippen molar-refractivity contribution in [3.8, 4) is 0 Å². The van der Waals surface area contributed by atoms with Crippen LogP contribution in [0.5, 0.6) is 0 Å². The monoisotopic (exact) mass is 280 g/mol. The molecular formula is C18H36N2. The minimum atomic E-state index is 0.476. The molecule has 1 N–H and O–H groups in total. The van der Waals surface area contributed by atoms with Gasteiger partial charge in [-0.1, -0.05) is 53.4 Å². The van der Waals surface area contributed by atoms with Crippen LogP contribution in [0.1, 0.15) is 72.6 Å². The molecule has 0 aromatic rings. The Kier molecular flexibility index (Phi) is 5.92. The second kappa shape index (κ2) is 7.26. The molecule has 2 rings (SSSR count). The fourth-order valence-corrected chi connectivity index (χ4v) is 4.20. The largest absolute Gasteiger partial charge is 0.313 e. The number of hydrogen-bond acceptors (Lipinski definition) is 2. The maximum Gasteiger partial charge on any atom is 0.0249 e. The normalized spacial score (nSPS) is 33.9. The third-order valence-corrected chi connectivity index (χ3v) is 5.61. The fourth-order valence-electron chi connectivity index (χ4n) is 4.20. The number of rotatable bonds is 3. The first-order valence-electron chi connectivity index (χ1n) is 8.99. The predicted octanol–water partition coefficient (Wildman–Crippen LogP) is 4.06. The summed E-state index contributed by atoms with van der Waals surface area (Å²) in [5.74, 6) is 0.884. The molecule has 3 unspecified atom stereocenters. The van der Waals surface area contributed by atoms with E-state index in [4.69, 9.17) is 0 Å². The highest BCUT2D eigenvalue weighted by molar-refractivity contribution is 4.92. The number of likely N-dealkylation sites (tertiary alicyclic amines) is 1. The van der Waals surface area contributed by atoms with Crippen molar-refractivity contribution in [1.29, 1.82) is 0 Å². The third kappa shape index (κ3) is 4.21. The van der Waals surface area contributed by atoms with Gasteiger partial charge in [0.05, 0.1) is 0 Å². The van der Waals surface area contributed by atoms with E-state index in [1.807, 2.05) is 0 Å². The highest BCUT2D eigenvalue weighted by Crippen LogP contribution is 2.36. The molecule has 118 valence electrons. The van der Waals surface area contributed by atoms with Gasteiger partial charge in [0, 0.05) is 18.6 Å². The van der Waals surface area contributed by atoms with Crippen LogP contribution in [0.25, 0.3) is 0 Å². The predicted molar refractivity (Wildman–Crippen MR) is 88.1 cm³/mol. The smallest absolute Gasteiger partial charge is 0.0249 e. The quantitative estimate of drug-likeness (QED) is 0.839. The van der Waals surface area contributed by atoms with Crippen molar-refractivity contribution >= 4 is 0 Å². The number of likely N-dealkylation sites (N-methyl/N-ethyl adjacent to an activating group) is 1. The standard InChI is InChI=1S/C18H36N2/c1-5-19-16-10-8-6-7-9-11-17(16)20-13-12-15(14-20)18(2,3)4/h15-17,19H,5-14H2,1-4H3. The molecule has 2 aliphatic rings. The van der Waals surface area contributed by atoms with E-state index in [0.717, 1.165) is 24.5 Å². The first-order valence-corrected chi connectivity index (χ1v) is 8.99. The first-order chi connectivity index (χ1) is 9.52. The molecular weight excluding hydrogens is 244 g/mol. The van der Waals surface area contributed by atoms with Crippen molar-refractivity contribution in [1.82, 2.24) is 10.2 Å². The zero-order chi connectivity index (χ0) is 14.6. The maximum absolute atomic E-state index is 3.79. The Balaban J connectivity index is 1.99. The van der Waals surface area contributed by atoms with E-state index in [0.29, 0.717) is 5.41 Å². The zero-order valence-electron chi connectivity index (χ0n) is 14.3. The van der Waals surface area contributed by atoms with Crippen LogP contribution in [0.2, 0.25) is 0 Å². The Bertz CT molecular complexity index is 282. The molecule has 0 aromatic carbocycles. The van der Waals surface area contributed by atoms with Crippen LogP contribution in [-0.4, -0.2) is 36.6 Å². The van der Waals surface area contributed by atoms with E-state index >= 15 is 0 Å². The van der Waals surface area contributed by atoms with Gasteiger partial charge >= 0.3 is 0 Å². The third-order valence-electron chi connectivity index (χ3n) is 5.61. The van der Waals surface area contributed by atoms with E-state index in [1.54, 1.807) is 0 Å². The summed E-state index contributed by atoms with van der Waals surface area (Å²) in [7, 11) is 0. The maximum atomic E-state index is 3.79. The van der Waals surface area contributed by atoms with Gasteiger partial charge in [0.15, 0.2) is 0 Å². The molecule has 2 nitrogen and oxygen atoms in total. The average Bonchev–Trinajstić information content (AvgIpc) is 2.82. The van der Waals surface area contributed by atoms with Crippen LogP contribution in [-0.2, 0) is 0 Å². The Morgan fingerprint density at radius 3 is 2.30 bits per heavy atom. The molecule has 2 heteroatoms. The molecule has 1 aliphatic carbocycles. The summed E-state index contributed by atoms with van der Waals surface area (Å²) in [5.41, 5.74) is 0.476. The van der Waals surface area contributed by atoms with Gasteiger partial charge in [-0.3, -0.25) is 4.90 Å². The average molecular weight is 281 g/mol. The van der Waals surface area contributed by atoms with Crippen LogP contribution < -0.4 is 5.32 Å². The molecule has 0 radical (unpaired) electrons. The lowest BCUT2D eigenvalue weighted by molar-refractivity contribution is 0.143. The van der Waals surface area contributed by atoms with Gasteiger partial charge in [-0.2, -0.15) is 0 Å². The molecule has 1 aliphatic heterocycles. The Morgan fingerprint density at radius 1 is 1.00 bits per heavy atom. The Hall–Kier alpha value is -0.0800. The summed E-state index contributed by atoms with van der Waals surface area (Å²) in [4.78, 5) is 2.83. The van der Waals surface area contributed by atoms with E-state index in [9.17, 15) is 0 Å². The molecule has 20 heavy (non-hydrogen) atoms. The lowest BCUT2D eigenvalue weighted by Crippen LogP contribution is -2.50. The minimum Gasteiger partial charge on any atom is -0.313 e. The Labute approximate surface area is 126 Å². The van der Waals surface area contributed by atoms with Crippen LogP contribution in [0.15, 0.2) is 0 Å². The van der Waals surface area contributed by atoms with E-state index in [2.05, 4.69) is 37.9 Å². The summed E-state index contributed by atoms with van der Waals surface area (Å²) in [6, 6.07) is 1.53. The van der Waals surface area contributed by atoms with Gasteiger partial charge in [-0.05, 0) is 43.7 Å². The number of hydrogen-bond donors (Lipinski definition) is 1. The van der Waals surface area contributed by atoms with E-state index in [1.165, 1.54) is 58.0 Å². The molecule has 1 saturated carbocycles. The molecule has 0 aromatic heterocycles. The van der Waals surface area contributed by atoms with Gasteiger partial charge in [0.2, 0.25) is 0 Å². The summed E-state index contributed by atoms with van der Waals surface area (Å²) < 4.78 is 0.